The molecule has 0 heterocycles. The number of amides is 1. The van der Waals surface area contributed by atoms with Crippen molar-refractivity contribution in [2.75, 3.05) is 26.1 Å². The van der Waals surface area contributed by atoms with Gasteiger partial charge < -0.3 is 35.9 Å². The van der Waals surface area contributed by atoms with E-state index < -0.39 is 52.0 Å². The fourth-order valence-corrected chi connectivity index (χ4v) is 5.53. The van der Waals surface area contributed by atoms with Gasteiger partial charge in [-0.05, 0) is 37.3 Å². The summed E-state index contributed by atoms with van der Waals surface area (Å²) in [6.07, 6.45) is -0.0714. The van der Waals surface area contributed by atoms with Gasteiger partial charge in [-0.15, -0.1) is 0 Å². The lowest BCUT2D eigenvalue weighted by Gasteiger charge is -2.46. The number of benzene rings is 1. The molecule has 0 spiro atoms. The number of carbonyl (C=O) groups excluding carboxylic acids is 3. The molecular formula is C24H27N3O8. The van der Waals surface area contributed by atoms with Gasteiger partial charge in [0.2, 0.25) is 5.78 Å². The van der Waals surface area contributed by atoms with Crippen LogP contribution in [0.25, 0.3) is 5.76 Å². The maximum Gasteiger partial charge on any atom is 0.255 e. The Labute approximate surface area is 200 Å². The van der Waals surface area contributed by atoms with E-state index in [4.69, 9.17) is 10.6 Å². The molecule has 2 unspecified atom stereocenters. The van der Waals surface area contributed by atoms with Crippen LogP contribution in [-0.4, -0.2) is 70.4 Å². The molecule has 0 aliphatic heterocycles. The number of carbonyl (C=O) groups is 3. The van der Waals surface area contributed by atoms with Crippen LogP contribution < -0.4 is 10.6 Å². The molecule has 6 N–H and O–H groups in total. The molecule has 1 aromatic carbocycles. The van der Waals surface area contributed by atoms with Crippen LogP contribution in [0.2, 0.25) is 0 Å². The Morgan fingerprint density at radius 3 is 2.46 bits per heavy atom. The van der Waals surface area contributed by atoms with E-state index in [1.165, 1.54) is 7.11 Å². The Morgan fingerprint density at radius 1 is 1.23 bits per heavy atom. The van der Waals surface area contributed by atoms with Crippen molar-refractivity contribution < 1.29 is 39.6 Å². The van der Waals surface area contributed by atoms with Crippen LogP contribution in [0, 0.1) is 11.8 Å². The number of hydrogen-bond donors (Lipinski definition) is 5. The summed E-state index contributed by atoms with van der Waals surface area (Å²) in [5.74, 6) is -6.65. The highest BCUT2D eigenvalue weighted by Gasteiger charge is 2.60. The molecule has 11 heteroatoms. The summed E-state index contributed by atoms with van der Waals surface area (Å²) in [6.45, 7) is 1.60. The first-order chi connectivity index (χ1) is 16.4. The Bertz CT molecular complexity index is 1280. The minimum Gasteiger partial charge on any atom is -0.508 e. The molecule has 0 aromatic heterocycles. The number of rotatable bonds is 4. The number of aromatic hydroxyl groups is 1. The first kappa shape index (κ1) is 24.3. The number of anilines is 1. The molecule has 1 amide bonds. The molecule has 0 radical (unpaired) electrons. The van der Waals surface area contributed by atoms with Gasteiger partial charge in [-0.3, -0.25) is 14.4 Å². The third kappa shape index (κ3) is 3.29. The maximum atomic E-state index is 13.6. The number of oxime groups is 1. The fraction of sp³-hybridized carbons (Fsp3) is 0.417. The van der Waals surface area contributed by atoms with Gasteiger partial charge >= 0.3 is 0 Å². The molecule has 0 bridgehead atoms. The van der Waals surface area contributed by atoms with Crippen molar-refractivity contribution in [3.8, 4) is 5.75 Å². The number of phenolic OH excluding ortho intramolecular Hbond substituents is 1. The van der Waals surface area contributed by atoms with Crippen molar-refractivity contribution in [2.45, 2.75) is 31.8 Å². The van der Waals surface area contributed by atoms with Gasteiger partial charge in [0.25, 0.3) is 5.91 Å². The average molecular weight is 485 g/mol. The SMILES string of the molecule is CO/N=C(\C)c1cc(N(C)C)c2c(c1O)C(O)=C1C(=O)[C@]3(O)C(O)=C(C(N)=O)C(=O)CC3CC1C2. The number of hydrogen-bond acceptors (Lipinski definition) is 10. The predicted octanol–water partition coefficient (Wildman–Crippen LogP) is 0.860. The van der Waals surface area contributed by atoms with Gasteiger partial charge in [0, 0.05) is 43.3 Å². The summed E-state index contributed by atoms with van der Waals surface area (Å²) >= 11 is 0. The van der Waals surface area contributed by atoms with Crippen molar-refractivity contribution >= 4 is 34.6 Å². The number of aliphatic hydroxyl groups is 3. The molecule has 3 atom stereocenters. The second-order valence-corrected chi connectivity index (χ2v) is 9.31. The van der Waals surface area contributed by atoms with Crippen LogP contribution in [0.4, 0.5) is 5.69 Å². The van der Waals surface area contributed by atoms with Crippen LogP contribution in [0.1, 0.15) is 36.5 Å². The van der Waals surface area contributed by atoms with E-state index in [0.29, 0.717) is 17.0 Å². The van der Waals surface area contributed by atoms with E-state index >= 15 is 0 Å². The number of Topliss-reactive ketones (excluding diaryl/α,β-unsaturated/α-hetero) is 2. The molecular weight excluding hydrogens is 458 g/mol. The first-order valence-corrected chi connectivity index (χ1v) is 11.0. The molecule has 35 heavy (non-hydrogen) atoms. The van der Waals surface area contributed by atoms with E-state index in [0.717, 1.165) is 0 Å². The highest BCUT2D eigenvalue weighted by Crippen LogP contribution is 2.53. The lowest BCUT2D eigenvalue weighted by atomic mass is 9.59. The molecule has 3 aliphatic carbocycles. The van der Waals surface area contributed by atoms with Gasteiger partial charge in [0.1, 0.15) is 30.0 Å². The van der Waals surface area contributed by atoms with Gasteiger partial charge in [-0.2, -0.15) is 0 Å². The van der Waals surface area contributed by atoms with Crippen LogP contribution in [0.3, 0.4) is 0 Å². The smallest absolute Gasteiger partial charge is 0.255 e. The van der Waals surface area contributed by atoms with E-state index in [1.807, 2.05) is 0 Å². The normalized spacial score (nSPS) is 26.3. The standard InChI is InChI=1S/C24H27N3O8/c1-9(26-35-4)12-8-14(27(2)3)13-6-10-5-11-7-15(28)18(23(25)33)22(32)24(11,34)21(31)16(10)20(30)17(13)19(12)29/h8,10-11,29-30,32,34H,5-7H2,1-4H3,(H2,25,33)/b26-9+/t10?,11?,24-/m0/s1. The zero-order valence-electron chi connectivity index (χ0n) is 19.7. The quantitative estimate of drug-likeness (QED) is 0.234. The monoisotopic (exact) mass is 485 g/mol. The lowest BCUT2D eigenvalue weighted by Crippen LogP contribution is -2.58. The minimum absolute atomic E-state index is 0.00369. The number of aliphatic hydroxyl groups excluding tert-OH is 2. The van der Waals surface area contributed by atoms with Crippen molar-refractivity contribution in [1.29, 1.82) is 0 Å². The first-order valence-electron chi connectivity index (χ1n) is 11.0. The third-order valence-electron chi connectivity index (χ3n) is 7.14. The largest absolute Gasteiger partial charge is 0.508 e. The number of ketones is 2. The highest BCUT2D eigenvalue weighted by molar-refractivity contribution is 6.22. The molecule has 4 rings (SSSR count). The zero-order chi connectivity index (χ0) is 26.0. The van der Waals surface area contributed by atoms with Gasteiger partial charge in [0.05, 0.1) is 11.3 Å². The molecule has 3 aliphatic rings. The Morgan fingerprint density at radius 2 is 1.89 bits per heavy atom. The molecule has 1 fully saturated rings. The molecule has 11 nitrogen and oxygen atoms in total. The third-order valence-corrected chi connectivity index (χ3v) is 7.14. The summed E-state index contributed by atoms with van der Waals surface area (Å²) < 4.78 is 0. The minimum atomic E-state index is -2.60. The van der Waals surface area contributed by atoms with Crippen molar-refractivity contribution in [3.63, 3.8) is 0 Å². The number of primary amides is 1. The number of phenols is 1. The Balaban J connectivity index is 1.99. The fourth-order valence-electron chi connectivity index (χ4n) is 5.53. The molecule has 1 aromatic rings. The topological polar surface area (TPSA) is 183 Å². The van der Waals surface area contributed by atoms with Crippen molar-refractivity contribution in [1.82, 2.24) is 0 Å². The number of nitrogens with two attached hydrogens (primary N) is 1. The highest BCUT2D eigenvalue weighted by atomic mass is 16.6. The van der Waals surface area contributed by atoms with E-state index in [1.54, 1.807) is 32.0 Å². The van der Waals surface area contributed by atoms with Crippen LogP contribution in [-0.2, 0) is 25.6 Å². The lowest BCUT2D eigenvalue weighted by molar-refractivity contribution is -0.147. The number of nitrogens with zero attached hydrogens (tertiary/aromatic N) is 2. The van der Waals surface area contributed by atoms with E-state index in [-0.39, 0.29) is 41.7 Å². The average Bonchev–Trinajstić information content (AvgIpc) is 2.76. The zero-order valence-corrected chi connectivity index (χ0v) is 19.7. The van der Waals surface area contributed by atoms with Gasteiger partial charge in [0.15, 0.2) is 11.4 Å². The summed E-state index contributed by atoms with van der Waals surface area (Å²) in [7, 11) is 4.92. The van der Waals surface area contributed by atoms with Crippen LogP contribution in [0.15, 0.2) is 28.1 Å². The molecule has 186 valence electrons. The second-order valence-electron chi connectivity index (χ2n) is 9.31. The van der Waals surface area contributed by atoms with Crippen LogP contribution in [0.5, 0.6) is 5.75 Å². The Hall–Kier alpha value is -3.86. The van der Waals surface area contributed by atoms with Crippen molar-refractivity contribution in [3.05, 3.63) is 39.7 Å². The predicted molar refractivity (Wildman–Crippen MR) is 125 cm³/mol. The van der Waals surface area contributed by atoms with Gasteiger partial charge in [-0.1, -0.05) is 5.16 Å². The number of fused-ring (bicyclic) bond motifs is 3. The van der Waals surface area contributed by atoms with E-state index in [9.17, 15) is 34.8 Å². The van der Waals surface area contributed by atoms with E-state index in [2.05, 4.69) is 5.16 Å². The Kier molecular flexibility index (Phi) is 5.63. The molecule has 0 saturated heterocycles. The summed E-state index contributed by atoms with van der Waals surface area (Å²) in [5.41, 5.74) is 3.43. The summed E-state index contributed by atoms with van der Waals surface area (Å²) in [5, 5.41) is 48.2. The molecule has 1 saturated carbocycles. The summed E-state index contributed by atoms with van der Waals surface area (Å²) in [6, 6.07) is 1.70. The maximum absolute atomic E-state index is 13.6. The van der Waals surface area contributed by atoms with Crippen LogP contribution >= 0.6 is 0 Å². The summed E-state index contributed by atoms with van der Waals surface area (Å²) in [4.78, 5) is 44.4. The van der Waals surface area contributed by atoms with Crippen molar-refractivity contribution in [2.24, 2.45) is 22.7 Å². The second kappa shape index (κ2) is 8.12. The van der Waals surface area contributed by atoms with Gasteiger partial charge in [-0.25, -0.2) is 0 Å².